The number of halogens is 1. The third-order valence-corrected chi connectivity index (χ3v) is 4.83. The summed E-state index contributed by atoms with van der Waals surface area (Å²) in [5.74, 6) is 0.992. The Morgan fingerprint density at radius 2 is 2.00 bits per heavy atom. The van der Waals surface area contributed by atoms with Crippen LogP contribution in [-0.4, -0.2) is 43.0 Å². The maximum absolute atomic E-state index is 12.8. The van der Waals surface area contributed by atoms with Gasteiger partial charge in [-0.15, -0.1) is 12.4 Å². The number of benzene rings is 1. The van der Waals surface area contributed by atoms with Gasteiger partial charge in [-0.05, 0) is 43.4 Å². The van der Waals surface area contributed by atoms with Crippen LogP contribution in [0.1, 0.15) is 44.7 Å². The highest BCUT2D eigenvalue weighted by molar-refractivity contribution is 5.85. The molecule has 1 fully saturated rings. The number of rotatable bonds is 6. The molecule has 1 aliphatic rings. The molecule has 1 aliphatic heterocycles. The zero-order valence-corrected chi connectivity index (χ0v) is 16.6. The molecular weight excluding hydrogens is 354 g/mol. The molecule has 0 bridgehead atoms. The Bertz CT molecular complexity index is 592. The van der Waals surface area contributed by atoms with E-state index in [4.69, 9.17) is 10.5 Å². The standard InChI is InChI=1S/C19H29N3O3.ClH/c1-13(20)16-5-4-10-22(12-16)19(24)11-18(21-14(2)23)15-6-8-17(25-3)9-7-15;/h6-9,13,16,18H,4-5,10-12,20H2,1-3H3,(H,21,23);1H. The lowest BCUT2D eigenvalue weighted by atomic mass is 9.91. The number of nitrogens with two attached hydrogens (primary N) is 1. The van der Waals surface area contributed by atoms with E-state index < -0.39 is 0 Å². The van der Waals surface area contributed by atoms with Gasteiger partial charge in [0.1, 0.15) is 5.75 Å². The quantitative estimate of drug-likeness (QED) is 0.789. The fourth-order valence-electron chi connectivity index (χ4n) is 3.30. The van der Waals surface area contributed by atoms with E-state index in [2.05, 4.69) is 5.32 Å². The van der Waals surface area contributed by atoms with Crippen LogP contribution in [0.4, 0.5) is 0 Å². The normalized spacial score (nSPS) is 19.1. The molecule has 2 amide bonds. The highest BCUT2D eigenvalue weighted by Crippen LogP contribution is 2.24. The van der Waals surface area contributed by atoms with Crippen molar-refractivity contribution in [3.05, 3.63) is 29.8 Å². The average Bonchev–Trinajstić information content (AvgIpc) is 2.61. The van der Waals surface area contributed by atoms with E-state index in [0.717, 1.165) is 30.7 Å². The SMILES string of the molecule is COc1ccc(C(CC(=O)N2CCCC(C(C)N)C2)NC(C)=O)cc1.Cl. The van der Waals surface area contributed by atoms with Gasteiger partial charge in [0.15, 0.2) is 0 Å². The number of methoxy groups -OCH3 is 1. The molecule has 0 aromatic heterocycles. The second kappa shape index (κ2) is 10.4. The third-order valence-electron chi connectivity index (χ3n) is 4.83. The van der Waals surface area contributed by atoms with Gasteiger partial charge >= 0.3 is 0 Å². The zero-order chi connectivity index (χ0) is 18.4. The molecule has 0 radical (unpaired) electrons. The molecule has 3 unspecified atom stereocenters. The number of nitrogens with zero attached hydrogens (tertiary/aromatic N) is 1. The molecule has 1 aromatic carbocycles. The van der Waals surface area contributed by atoms with Crippen LogP contribution in [0.25, 0.3) is 0 Å². The number of carbonyl (C=O) groups excluding carboxylic acids is 2. The van der Waals surface area contributed by atoms with Crippen molar-refractivity contribution in [1.29, 1.82) is 0 Å². The Balaban J connectivity index is 0.00000338. The lowest BCUT2D eigenvalue weighted by Crippen LogP contribution is -2.46. The molecule has 0 saturated carbocycles. The van der Waals surface area contributed by atoms with Crippen molar-refractivity contribution in [3.8, 4) is 5.75 Å². The first kappa shape index (κ1) is 22.3. The molecule has 1 heterocycles. The van der Waals surface area contributed by atoms with Crippen molar-refractivity contribution >= 4 is 24.2 Å². The van der Waals surface area contributed by atoms with Gasteiger partial charge in [-0.1, -0.05) is 12.1 Å². The highest BCUT2D eigenvalue weighted by Gasteiger charge is 2.27. The zero-order valence-electron chi connectivity index (χ0n) is 15.7. The number of ether oxygens (including phenoxy) is 1. The Labute approximate surface area is 161 Å². The molecule has 1 aromatic rings. The Morgan fingerprint density at radius 1 is 1.35 bits per heavy atom. The Hall–Kier alpha value is -1.79. The van der Waals surface area contributed by atoms with Crippen LogP contribution in [0.2, 0.25) is 0 Å². The van der Waals surface area contributed by atoms with Crippen molar-refractivity contribution in [3.63, 3.8) is 0 Å². The molecule has 3 N–H and O–H groups in total. The van der Waals surface area contributed by atoms with Gasteiger partial charge in [0.2, 0.25) is 11.8 Å². The number of hydrogen-bond acceptors (Lipinski definition) is 4. The topological polar surface area (TPSA) is 84.7 Å². The first-order valence-electron chi connectivity index (χ1n) is 8.85. The lowest BCUT2D eigenvalue weighted by molar-refractivity contribution is -0.134. The number of nitrogens with one attached hydrogen (secondary N) is 1. The number of likely N-dealkylation sites (tertiary alicyclic amines) is 1. The maximum atomic E-state index is 12.8. The predicted octanol–water partition coefficient (Wildman–Crippen LogP) is 2.27. The molecule has 3 atom stereocenters. The van der Waals surface area contributed by atoms with Crippen LogP contribution >= 0.6 is 12.4 Å². The van der Waals surface area contributed by atoms with Crippen molar-refractivity contribution in [2.75, 3.05) is 20.2 Å². The average molecular weight is 384 g/mol. The summed E-state index contributed by atoms with van der Waals surface area (Å²) in [5, 5.41) is 2.89. The minimum atomic E-state index is -0.341. The molecule has 6 nitrogen and oxygen atoms in total. The van der Waals surface area contributed by atoms with Crippen LogP contribution in [-0.2, 0) is 9.59 Å². The number of carbonyl (C=O) groups is 2. The fraction of sp³-hybridized carbons (Fsp3) is 0.579. The lowest BCUT2D eigenvalue weighted by Gasteiger charge is -2.35. The van der Waals surface area contributed by atoms with Gasteiger partial charge in [-0.25, -0.2) is 0 Å². The van der Waals surface area contributed by atoms with Gasteiger partial charge in [0.05, 0.1) is 19.6 Å². The number of piperidine rings is 1. The fourth-order valence-corrected chi connectivity index (χ4v) is 3.30. The summed E-state index contributed by atoms with van der Waals surface area (Å²) >= 11 is 0. The molecule has 1 saturated heterocycles. The minimum absolute atomic E-state index is 0. The van der Waals surface area contributed by atoms with Gasteiger partial charge in [0.25, 0.3) is 0 Å². The molecule has 0 spiro atoms. The van der Waals surface area contributed by atoms with E-state index in [-0.39, 0.29) is 42.7 Å². The predicted molar refractivity (Wildman–Crippen MR) is 104 cm³/mol. The molecule has 7 heteroatoms. The minimum Gasteiger partial charge on any atom is -0.497 e. The van der Waals surface area contributed by atoms with Crippen molar-refractivity contribution < 1.29 is 14.3 Å². The Morgan fingerprint density at radius 3 is 2.54 bits per heavy atom. The molecule has 0 aliphatic carbocycles. The number of amides is 2. The second-order valence-corrected chi connectivity index (χ2v) is 6.83. The number of hydrogen-bond donors (Lipinski definition) is 2. The highest BCUT2D eigenvalue weighted by atomic mass is 35.5. The first-order chi connectivity index (χ1) is 11.9. The summed E-state index contributed by atoms with van der Waals surface area (Å²) in [7, 11) is 1.61. The summed E-state index contributed by atoms with van der Waals surface area (Å²) in [5.41, 5.74) is 6.90. The summed E-state index contributed by atoms with van der Waals surface area (Å²) < 4.78 is 5.17. The van der Waals surface area contributed by atoms with Gasteiger partial charge in [-0.2, -0.15) is 0 Å². The van der Waals surface area contributed by atoms with Gasteiger partial charge in [-0.3, -0.25) is 9.59 Å². The Kier molecular flexibility index (Phi) is 8.88. The molecule has 26 heavy (non-hydrogen) atoms. The first-order valence-corrected chi connectivity index (χ1v) is 8.85. The van der Waals surface area contributed by atoms with E-state index in [0.29, 0.717) is 12.5 Å². The van der Waals surface area contributed by atoms with E-state index in [1.54, 1.807) is 7.11 Å². The van der Waals surface area contributed by atoms with E-state index in [9.17, 15) is 9.59 Å². The summed E-state index contributed by atoms with van der Waals surface area (Å²) in [4.78, 5) is 26.2. The largest absolute Gasteiger partial charge is 0.497 e. The van der Waals surface area contributed by atoms with Crippen LogP contribution in [0.15, 0.2) is 24.3 Å². The molecule has 146 valence electrons. The van der Waals surface area contributed by atoms with E-state index >= 15 is 0 Å². The molecular formula is C19H30ClN3O3. The summed E-state index contributed by atoms with van der Waals surface area (Å²) in [6, 6.07) is 7.18. The van der Waals surface area contributed by atoms with E-state index in [1.165, 1.54) is 6.92 Å². The third kappa shape index (κ3) is 6.18. The van der Waals surface area contributed by atoms with Crippen molar-refractivity contribution in [2.45, 2.75) is 45.2 Å². The second-order valence-electron chi connectivity index (χ2n) is 6.83. The van der Waals surface area contributed by atoms with Gasteiger partial charge < -0.3 is 20.7 Å². The van der Waals surface area contributed by atoms with Gasteiger partial charge in [0, 0.05) is 26.1 Å². The molecule has 2 rings (SSSR count). The summed E-state index contributed by atoms with van der Waals surface area (Å²) in [6.45, 7) is 4.92. The maximum Gasteiger partial charge on any atom is 0.224 e. The van der Waals surface area contributed by atoms with Crippen molar-refractivity contribution in [2.24, 2.45) is 11.7 Å². The van der Waals surface area contributed by atoms with Crippen LogP contribution < -0.4 is 15.8 Å². The van der Waals surface area contributed by atoms with E-state index in [1.807, 2.05) is 36.1 Å². The van der Waals surface area contributed by atoms with Crippen molar-refractivity contribution in [1.82, 2.24) is 10.2 Å². The van der Waals surface area contributed by atoms with Crippen LogP contribution in [0.3, 0.4) is 0 Å². The van der Waals surface area contributed by atoms with Crippen LogP contribution in [0.5, 0.6) is 5.75 Å². The summed E-state index contributed by atoms with van der Waals surface area (Å²) in [6.07, 6.45) is 2.29. The van der Waals surface area contributed by atoms with Crippen LogP contribution in [0, 0.1) is 5.92 Å². The monoisotopic (exact) mass is 383 g/mol. The smallest absolute Gasteiger partial charge is 0.224 e.